The summed E-state index contributed by atoms with van der Waals surface area (Å²) in [7, 11) is -3.54. The van der Waals surface area contributed by atoms with E-state index in [4.69, 9.17) is 9.05 Å². The highest BCUT2D eigenvalue weighted by atomic mass is 31.2. The van der Waals surface area contributed by atoms with Crippen LogP contribution in [0.4, 0.5) is 0 Å². The number of rotatable bonds is 3. The summed E-state index contributed by atoms with van der Waals surface area (Å²) >= 11 is 0. The highest BCUT2D eigenvalue weighted by Crippen LogP contribution is 2.55. The molecule has 0 atom stereocenters. The van der Waals surface area contributed by atoms with Crippen LogP contribution in [0.5, 0.6) is 11.5 Å². The summed E-state index contributed by atoms with van der Waals surface area (Å²) in [6.07, 6.45) is 0. The minimum Gasteiger partial charge on any atom is -0.601 e. The number of hydrogen-bond donors (Lipinski definition) is 1. The third-order valence-corrected chi connectivity index (χ3v) is 5.24. The molecule has 0 saturated carbocycles. The molecule has 0 unspecified atom stereocenters. The van der Waals surface area contributed by atoms with Gasteiger partial charge in [0, 0.05) is 11.1 Å². The summed E-state index contributed by atoms with van der Waals surface area (Å²) in [4.78, 5) is 13.2. The quantitative estimate of drug-likeness (QED) is 0.735. The molecule has 0 amide bonds. The van der Waals surface area contributed by atoms with Crippen molar-refractivity contribution in [2.24, 2.45) is 0 Å². The van der Waals surface area contributed by atoms with Crippen LogP contribution in [0, 0.1) is 0 Å². The fourth-order valence-electron chi connectivity index (χ4n) is 2.66. The zero-order chi connectivity index (χ0) is 16.4. The van der Waals surface area contributed by atoms with Gasteiger partial charge in [0.1, 0.15) is 0 Å². The van der Waals surface area contributed by atoms with Gasteiger partial charge in [-0.1, -0.05) is 66.7 Å². The molecule has 120 valence electrons. The van der Waals surface area contributed by atoms with E-state index in [1.54, 1.807) is 12.1 Å². The second kappa shape index (κ2) is 6.25. The Bertz CT molecular complexity index is 806. The minimum atomic E-state index is -3.54. The van der Waals surface area contributed by atoms with E-state index in [0.29, 0.717) is 18.0 Å². The van der Waals surface area contributed by atoms with Crippen molar-refractivity contribution in [3.63, 3.8) is 0 Å². The molecule has 3 aromatic rings. The lowest BCUT2D eigenvalue weighted by Gasteiger charge is -2.26. The molecule has 1 aliphatic heterocycles. The van der Waals surface area contributed by atoms with Gasteiger partial charge in [-0.3, -0.25) is 9.05 Å². The molecule has 0 aliphatic carbocycles. The Morgan fingerprint density at radius 3 is 1.79 bits per heavy atom. The summed E-state index contributed by atoms with van der Waals surface area (Å²) in [6, 6.07) is 24.8. The highest BCUT2D eigenvalue weighted by Gasteiger charge is 2.38. The van der Waals surface area contributed by atoms with Gasteiger partial charge in [0.2, 0.25) is 0 Å². The summed E-state index contributed by atoms with van der Waals surface area (Å²) in [5.74, 6) is 1.10. The fraction of sp³-hybridized carbons (Fsp3) is 0.0526. The second-order valence-electron chi connectivity index (χ2n) is 5.49. The zero-order valence-corrected chi connectivity index (χ0v) is 13.8. The summed E-state index contributed by atoms with van der Waals surface area (Å²) in [5.41, 5.74) is 2.74. The Kier molecular flexibility index (Phi) is 3.95. The molecule has 0 fully saturated rings. The van der Waals surface area contributed by atoms with Crippen molar-refractivity contribution in [3.05, 3.63) is 84.4 Å². The van der Waals surface area contributed by atoms with Gasteiger partial charge < -0.3 is 4.89 Å². The predicted octanol–water partition coefficient (Wildman–Crippen LogP) is 3.95. The molecule has 1 N–H and O–H groups in total. The average Bonchev–Trinajstić information content (AvgIpc) is 2.75. The maximum atomic E-state index is 13.2. The Morgan fingerprint density at radius 1 is 0.708 bits per heavy atom. The van der Waals surface area contributed by atoms with Crippen molar-refractivity contribution >= 4 is 8.09 Å². The van der Waals surface area contributed by atoms with Crippen molar-refractivity contribution in [1.82, 2.24) is 5.09 Å². The van der Waals surface area contributed by atoms with Crippen molar-refractivity contribution in [2.45, 2.75) is 6.54 Å². The third-order valence-electron chi connectivity index (χ3n) is 3.82. The molecule has 4 nitrogen and oxygen atoms in total. The van der Waals surface area contributed by atoms with E-state index in [1.807, 2.05) is 66.7 Å². The van der Waals surface area contributed by atoms with Crippen LogP contribution in [-0.2, 0) is 6.54 Å². The maximum Gasteiger partial charge on any atom is 0.409 e. The number of fused-ring (bicyclic) bond motifs is 3. The van der Waals surface area contributed by atoms with E-state index >= 15 is 0 Å². The van der Waals surface area contributed by atoms with Crippen LogP contribution in [0.1, 0.15) is 5.56 Å². The highest BCUT2D eigenvalue weighted by molar-refractivity contribution is 7.57. The molecule has 0 bridgehead atoms. The van der Waals surface area contributed by atoms with E-state index in [2.05, 4.69) is 5.09 Å². The van der Waals surface area contributed by atoms with Crippen molar-refractivity contribution in [3.8, 4) is 22.6 Å². The van der Waals surface area contributed by atoms with Gasteiger partial charge in [-0.15, -0.1) is 5.09 Å². The van der Waals surface area contributed by atoms with Crippen LogP contribution in [0.3, 0.4) is 0 Å². The topological polar surface area (TPSA) is 53.5 Å². The van der Waals surface area contributed by atoms with Crippen LogP contribution >= 0.6 is 8.09 Å². The lowest BCUT2D eigenvalue weighted by molar-refractivity contribution is -0.206. The number of nitrogens with one attached hydrogen (secondary N) is 1. The molecule has 4 rings (SSSR count). The first-order valence-electron chi connectivity index (χ1n) is 7.70. The van der Waals surface area contributed by atoms with Crippen molar-refractivity contribution in [2.75, 3.05) is 0 Å². The fourth-order valence-corrected chi connectivity index (χ4v) is 4.04. The van der Waals surface area contributed by atoms with Crippen LogP contribution < -0.4 is 19.0 Å². The number of benzene rings is 3. The molecular formula is C19H16NO3P. The molecule has 0 saturated heterocycles. The van der Waals surface area contributed by atoms with E-state index < -0.39 is 8.09 Å². The van der Waals surface area contributed by atoms with Crippen LogP contribution in [0.2, 0.25) is 0 Å². The van der Waals surface area contributed by atoms with Gasteiger partial charge in [0.15, 0.2) is 11.5 Å². The minimum absolute atomic E-state index is 0.391. The lowest BCUT2D eigenvalue weighted by atomic mass is 10.0. The van der Waals surface area contributed by atoms with E-state index in [0.717, 1.165) is 16.7 Å². The number of hydrogen-bond acceptors (Lipinski definition) is 4. The molecule has 0 spiro atoms. The Balaban J connectivity index is 1.69. The Labute approximate surface area is 141 Å². The first-order chi connectivity index (χ1) is 11.7. The molecule has 5 heteroatoms. The Hall–Kier alpha value is -2.39. The van der Waals surface area contributed by atoms with Crippen molar-refractivity contribution in [1.29, 1.82) is 0 Å². The van der Waals surface area contributed by atoms with E-state index in [9.17, 15) is 4.89 Å². The zero-order valence-electron chi connectivity index (χ0n) is 12.9. The standard InChI is InChI=1S/C19H16NO3P/c21-24(20-14-15-8-2-1-3-9-15)22-18-12-6-4-10-16(18)17-11-5-7-13-19(17)23-24/h1-13H,14H2,(H,20,21). The molecule has 1 heterocycles. The van der Waals surface area contributed by atoms with Gasteiger partial charge in [-0.05, 0) is 17.7 Å². The SMILES string of the molecule is [O-][P+]1(NCc2ccccc2)Oc2ccccc2-c2ccccc2O1. The smallest absolute Gasteiger partial charge is 0.409 e. The van der Waals surface area contributed by atoms with Crippen molar-refractivity contribution < 1.29 is 13.9 Å². The number of para-hydroxylation sites is 2. The second-order valence-corrected chi connectivity index (χ2v) is 7.17. The summed E-state index contributed by atoms with van der Waals surface area (Å²) in [6.45, 7) is 0.391. The normalized spacial score (nSPS) is 14.5. The van der Waals surface area contributed by atoms with Crippen LogP contribution in [0.15, 0.2) is 78.9 Å². The maximum absolute atomic E-state index is 13.2. The Morgan fingerprint density at radius 2 is 1.21 bits per heavy atom. The monoisotopic (exact) mass is 337 g/mol. The summed E-state index contributed by atoms with van der Waals surface area (Å²) < 4.78 is 11.5. The van der Waals surface area contributed by atoms with Gasteiger partial charge in [-0.2, -0.15) is 0 Å². The molecule has 0 aromatic heterocycles. The molecule has 1 aliphatic rings. The lowest BCUT2D eigenvalue weighted by Crippen LogP contribution is -2.33. The molecule has 24 heavy (non-hydrogen) atoms. The van der Waals surface area contributed by atoms with Gasteiger partial charge in [-0.25, -0.2) is 0 Å². The molecular weight excluding hydrogens is 321 g/mol. The molecule has 3 aromatic carbocycles. The van der Waals surface area contributed by atoms with Gasteiger partial charge in [0.05, 0.1) is 6.54 Å². The summed E-state index contributed by atoms with van der Waals surface area (Å²) in [5, 5.41) is 2.95. The van der Waals surface area contributed by atoms with Crippen LogP contribution in [0.25, 0.3) is 11.1 Å². The predicted molar refractivity (Wildman–Crippen MR) is 93.3 cm³/mol. The first kappa shape index (κ1) is 15.2. The third kappa shape index (κ3) is 3.00. The van der Waals surface area contributed by atoms with Gasteiger partial charge in [0.25, 0.3) is 0 Å². The largest absolute Gasteiger partial charge is 0.601 e. The molecule has 0 radical (unpaired) electrons. The average molecular weight is 337 g/mol. The van der Waals surface area contributed by atoms with Gasteiger partial charge >= 0.3 is 8.09 Å². The van der Waals surface area contributed by atoms with E-state index in [1.165, 1.54) is 0 Å². The first-order valence-corrected chi connectivity index (χ1v) is 9.24. The van der Waals surface area contributed by atoms with E-state index in [-0.39, 0.29) is 0 Å². The van der Waals surface area contributed by atoms with Crippen LogP contribution in [-0.4, -0.2) is 0 Å².